The first-order valence-corrected chi connectivity index (χ1v) is 15.7. The number of carboxylic acids is 1. The molecule has 0 saturated heterocycles. The number of carbonyl (C=O) groups excluding carboxylic acids is 4. The summed E-state index contributed by atoms with van der Waals surface area (Å²) >= 11 is 0. The molecule has 0 saturated carbocycles. The molecule has 2 atom stereocenters. The molecule has 242 valence electrons. The summed E-state index contributed by atoms with van der Waals surface area (Å²) in [6.07, 6.45) is 3.78. The van der Waals surface area contributed by atoms with Gasteiger partial charge in [-0.15, -0.1) is 0 Å². The number of aliphatic carboxylic acids is 1. The fraction of sp³-hybridized carbons (Fsp3) is 0.351. The summed E-state index contributed by atoms with van der Waals surface area (Å²) in [7, 11) is 1.27. The predicted molar refractivity (Wildman–Crippen MR) is 170 cm³/mol. The van der Waals surface area contributed by atoms with E-state index < -0.39 is 29.5 Å². The van der Waals surface area contributed by atoms with Crippen molar-refractivity contribution in [1.82, 2.24) is 0 Å². The Bertz CT molecular complexity index is 1900. The second kappa shape index (κ2) is 12.1. The van der Waals surface area contributed by atoms with Crippen molar-refractivity contribution < 1.29 is 68.1 Å². The van der Waals surface area contributed by atoms with Crippen molar-refractivity contribution in [2.24, 2.45) is 0 Å². The zero-order valence-electron chi connectivity index (χ0n) is 27.9. The van der Waals surface area contributed by atoms with Gasteiger partial charge in [-0.3, -0.25) is 0 Å². The number of fused-ring (bicyclic) bond motifs is 8. The molecule has 2 aromatic carbocycles. The van der Waals surface area contributed by atoms with Crippen molar-refractivity contribution >= 4 is 35.3 Å². The van der Waals surface area contributed by atoms with Gasteiger partial charge in [0.1, 0.15) is 17.8 Å². The van der Waals surface area contributed by atoms with Crippen LogP contribution < -0.4 is 44.5 Å². The van der Waals surface area contributed by atoms with Gasteiger partial charge < -0.3 is 33.9 Å². The number of ether oxygens (including phenoxy) is 3. The van der Waals surface area contributed by atoms with Crippen molar-refractivity contribution in [3.8, 4) is 0 Å². The van der Waals surface area contributed by atoms with E-state index in [1.807, 2.05) is 24.3 Å². The normalized spacial score (nSPS) is 23.6. The van der Waals surface area contributed by atoms with Crippen molar-refractivity contribution in [1.29, 1.82) is 0 Å². The Morgan fingerprint density at radius 2 is 1.17 bits per heavy atom. The van der Waals surface area contributed by atoms with E-state index >= 15 is 0 Å². The van der Waals surface area contributed by atoms with Gasteiger partial charge in [0.15, 0.2) is 0 Å². The van der Waals surface area contributed by atoms with Crippen molar-refractivity contribution in [2.45, 2.75) is 63.6 Å². The van der Waals surface area contributed by atoms with E-state index in [1.165, 1.54) is 30.0 Å². The van der Waals surface area contributed by atoms with Crippen LogP contribution in [0.1, 0.15) is 51.7 Å². The van der Waals surface area contributed by atoms with Crippen LogP contribution in [0.4, 0.5) is 11.4 Å². The minimum atomic E-state index is -1.49. The maximum Gasteiger partial charge on any atom is 1.00 e. The first-order valence-electron chi connectivity index (χ1n) is 15.7. The van der Waals surface area contributed by atoms with Crippen molar-refractivity contribution in [3.05, 3.63) is 105 Å². The molecule has 6 aliphatic rings. The topological polar surface area (TPSA) is 126 Å². The summed E-state index contributed by atoms with van der Waals surface area (Å²) in [5.41, 5.74) is 7.64. The zero-order chi connectivity index (χ0) is 33.4. The molecule has 11 heteroatoms. The maximum absolute atomic E-state index is 12.1. The van der Waals surface area contributed by atoms with Gasteiger partial charge in [-0.05, 0) is 35.4 Å². The third-order valence-corrected chi connectivity index (χ3v) is 10.1. The molecule has 6 aliphatic heterocycles. The smallest absolute Gasteiger partial charge is 0.545 e. The van der Waals surface area contributed by atoms with Gasteiger partial charge in [0.05, 0.1) is 18.7 Å². The van der Waals surface area contributed by atoms with Crippen LogP contribution in [-0.2, 0) is 44.2 Å². The second-order valence-corrected chi connectivity index (χ2v) is 13.5. The van der Waals surface area contributed by atoms with Crippen LogP contribution in [0.15, 0.2) is 94.4 Å². The van der Waals surface area contributed by atoms with Gasteiger partial charge in [0.2, 0.25) is 0 Å². The number of allylic oxidation sites excluding steroid dienone is 2. The van der Waals surface area contributed by atoms with Gasteiger partial charge in [-0.25, -0.2) is 14.4 Å². The third-order valence-electron chi connectivity index (χ3n) is 10.1. The molecule has 8 rings (SSSR count). The predicted octanol–water partition coefficient (Wildman–Crippen LogP) is 0.515. The fourth-order valence-corrected chi connectivity index (χ4v) is 8.03. The van der Waals surface area contributed by atoms with Crippen LogP contribution in [-0.4, -0.2) is 56.3 Å². The van der Waals surface area contributed by atoms with Crippen LogP contribution >= 0.6 is 0 Å². The molecular weight excluding hydrogens is 623 g/mol. The molecule has 48 heavy (non-hydrogen) atoms. The number of hydrogen-bond donors (Lipinski definition) is 0. The van der Waals surface area contributed by atoms with Gasteiger partial charge in [-0.1, -0.05) is 64.1 Å². The number of nitrogens with zero attached hydrogens (tertiary/aromatic N) is 2. The van der Waals surface area contributed by atoms with E-state index in [9.17, 15) is 24.3 Å². The fourth-order valence-electron chi connectivity index (χ4n) is 8.03. The number of para-hydroxylation sites is 2. The molecule has 6 heterocycles. The quantitative estimate of drug-likeness (QED) is 0.195. The summed E-state index contributed by atoms with van der Waals surface area (Å²) in [5.74, 6) is -3.55. The number of esters is 3. The van der Waals surface area contributed by atoms with Gasteiger partial charge in [0.25, 0.3) is 0 Å². The van der Waals surface area contributed by atoms with E-state index in [-0.39, 0.29) is 58.2 Å². The summed E-state index contributed by atoms with van der Waals surface area (Å²) in [4.78, 5) is 51.5. The van der Waals surface area contributed by atoms with E-state index in [0.29, 0.717) is 12.8 Å². The second-order valence-electron chi connectivity index (χ2n) is 13.5. The SMILES string of the molecule is CC1(C)C2=C3C=C(C(=O)[O-])C(=O)OC3CCN2c2ccccc21.COC(=O)C1=CC2=C3N(CCC2OC1=O)c1ccccc1C3(C)C.[Na+]. The van der Waals surface area contributed by atoms with E-state index in [0.717, 1.165) is 41.3 Å². The van der Waals surface area contributed by atoms with Crippen LogP contribution in [0.25, 0.3) is 0 Å². The number of rotatable bonds is 2. The summed E-state index contributed by atoms with van der Waals surface area (Å²) in [6, 6.07) is 16.5. The Kier molecular flexibility index (Phi) is 8.50. The molecule has 0 aromatic heterocycles. The van der Waals surface area contributed by atoms with E-state index in [4.69, 9.17) is 14.2 Å². The standard InChI is InChI=1S/C19H19NO4.C18H17NO4.Na/c1-19(2)13-6-4-5-7-14(13)20-9-8-15-11(16(19)20)10-12(17(21)23-3)18(22)24-15;1-18(2)12-5-3-4-6-13(12)19-8-7-14-10(15(18)19)9-11(16(20)21)17(22)23-14;/h4-7,10,15H,8-9H2,1-3H3;3-6,9,14H,7-8H2,1-2H3,(H,20,21);/q;;+1/p-1. The number of carbonyl (C=O) groups is 4. The minimum Gasteiger partial charge on any atom is -0.545 e. The van der Waals surface area contributed by atoms with Gasteiger partial charge in [0, 0.05) is 70.7 Å². The Hall–Kier alpha value is -4.12. The number of anilines is 2. The minimum absolute atomic E-state index is 0. The van der Waals surface area contributed by atoms with Crippen molar-refractivity contribution in [2.75, 3.05) is 30.0 Å². The Labute approximate surface area is 301 Å². The number of hydrogen-bond acceptors (Lipinski definition) is 10. The number of benzene rings is 2. The molecule has 10 nitrogen and oxygen atoms in total. The first kappa shape index (κ1) is 33.8. The van der Waals surface area contributed by atoms with Crippen LogP contribution in [0.2, 0.25) is 0 Å². The van der Waals surface area contributed by atoms with E-state index in [2.05, 4.69) is 61.8 Å². The van der Waals surface area contributed by atoms with E-state index in [1.54, 1.807) is 6.08 Å². The maximum atomic E-state index is 12.1. The molecule has 0 N–H and O–H groups in total. The molecule has 2 aromatic rings. The average Bonchev–Trinajstić information content (AvgIpc) is 3.44. The van der Waals surface area contributed by atoms with Gasteiger partial charge in [-0.2, -0.15) is 0 Å². The van der Waals surface area contributed by atoms with Crippen molar-refractivity contribution in [3.63, 3.8) is 0 Å². The van der Waals surface area contributed by atoms with Crippen LogP contribution in [0.5, 0.6) is 0 Å². The Morgan fingerprint density at radius 1 is 0.750 bits per heavy atom. The molecular formula is C37H35N2NaO8. The Morgan fingerprint density at radius 3 is 1.60 bits per heavy atom. The largest absolute Gasteiger partial charge is 1.00 e. The molecule has 0 fully saturated rings. The molecule has 0 spiro atoms. The van der Waals surface area contributed by atoms with Gasteiger partial charge >= 0.3 is 47.5 Å². The van der Waals surface area contributed by atoms with Crippen LogP contribution in [0, 0.1) is 0 Å². The molecule has 0 amide bonds. The monoisotopic (exact) mass is 658 g/mol. The summed E-state index contributed by atoms with van der Waals surface area (Å²) < 4.78 is 15.6. The average molecular weight is 659 g/mol. The molecule has 0 bridgehead atoms. The molecule has 0 aliphatic carbocycles. The zero-order valence-corrected chi connectivity index (χ0v) is 29.9. The number of methoxy groups -OCH3 is 1. The number of carboxylic acid groups (broad SMARTS) is 1. The Balaban J connectivity index is 0.000000164. The molecule has 0 radical (unpaired) electrons. The third kappa shape index (κ3) is 5.04. The molecule has 2 unspecified atom stereocenters. The first-order chi connectivity index (χ1) is 22.4. The summed E-state index contributed by atoms with van der Waals surface area (Å²) in [6.45, 7) is 10.1. The van der Waals surface area contributed by atoms with Crippen LogP contribution in [0.3, 0.4) is 0 Å². The summed E-state index contributed by atoms with van der Waals surface area (Å²) in [5, 5.41) is 11.2.